The summed E-state index contributed by atoms with van der Waals surface area (Å²) in [5, 5.41) is 2.96. The summed E-state index contributed by atoms with van der Waals surface area (Å²) >= 11 is 0. The minimum Gasteiger partial charge on any atom is -0.490 e. The molecule has 1 aromatic carbocycles. The van der Waals surface area contributed by atoms with Crippen LogP contribution in [0.1, 0.15) is 32.1 Å². The van der Waals surface area contributed by atoms with Crippen LogP contribution in [-0.4, -0.2) is 12.5 Å². The number of hydrogen-bond acceptors (Lipinski definition) is 3. The van der Waals surface area contributed by atoms with Gasteiger partial charge in [-0.1, -0.05) is 25.3 Å². The van der Waals surface area contributed by atoms with E-state index in [1.54, 1.807) is 6.07 Å². The lowest BCUT2D eigenvalue weighted by Crippen LogP contribution is -2.41. The van der Waals surface area contributed by atoms with Crippen LogP contribution in [-0.2, 0) is 4.79 Å². The standard InChI is InChI=1S/C14H18N2O2/c15-10-5-4-6-11-12(10)16-13(17)14(9-18-11)7-2-1-3-8-14/h4-6H,1-3,7-9,15H2,(H,16,17). The van der Waals surface area contributed by atoms with Crippen LogP contribution in [0.4, 0.5) is 11.4 Å². The van der Waals surface area contributed by atoms with E-state index in [0.717, 1.165) is 25.7 Å². The van der Waals surface area contributed by atoms with Crippen LogP contribution in [0.3, 0.4) is 0 Å². The van der Waals surface area contributed by atoms with Crippen LogP contribution in [0.5, 0.6) is 5.75 Å². The monoisotopic (exact) mass is 246 g/mol. The molecule has 2 aliphatic rings. The Bertz CT molecular complexity index is 479. The molecule has 0 radical (unpaired) electrons. The predicted octanol–water partition coefficient (Wildman–Crippen LogP) is 2.55. The minimum absolute atomic E-state index is 0.0684. The Balaban J connectivity index is 1.95. The third kappa shape index (κ3) is 1.72. The Kier molecular flexibility index (Phi) is 2.65. The molecule has 1 amide bonds. The molecule has 3 rings (SSSR count). The topological polar surface area (TPSA) is 64.3 Å². The highest BCUT2D eigenvalue weighted by Gasteiger charge is 2.42. The van der Waals surface area contributed by atoms with Gasteiger partial charge in [-0.15, -0.1) is 0 Å². The lowest BCUT2D eigenvalue weighted by atomic mass is 9.74. The molecule has 0 bridgehead atoms. The number of ether oxygens (including phenoxy) is 1. The molecule has 3 N–H and O–H groups in total. The first-order chi connectivity index (χ1) is 8.71. The maximum absolute atomic E-state index is 12.5. The second-order valence-electron chi connectivity index (χ2n) is 5.30. The number of benzene rings is 1. The minimum atomic E-state index is -0.357. The molecule has 1 aliphatic heterocycles. The lowest BCUT2D eigenvalue weighted by molar-refractivity contribution is -0.128. The van der Waals surface area contributed by atoms with Crippen LogP contribution in [0, 0.1) is 5.41 Å². The summed E-state index contributed by atoms with van der Waals surface area (Å²) < 4.78 is 5.83. The fourth-order valence-corrected chi connectivity index (χ4v) is 2.93. The van der Waals surface area contributed by atoms with Gasteiger partial charge in [0, 0.05) is 0 Å². The van der Waals surface area contributed by atoms with Gasteiger partial charge in [0.1, 0.15) is 18.0 Å². The Hall–Kier alpha value is -1.71. The van der Waals surface area contributed by atoms with Gasteiger partial charge in [0.05, 0.1) is 11.1 Å². The molecule has 1 heterocycles. The average Bonchev–Trinajstić information content (AvgIpc) is 2.52. The van der Waals surface area contributed by atoms with Crippen LogP contribution < -0.4 is 15.8 Å². The van der Waals surface area contributed by atoms with Gasteiger partial charge < -0.3 is 15.8 Å². The highest BCUT2D eigenvalue weighted by Crippen LogP contribution is 2.42. The first kappa shape index (κ1) is 11.4. The van der Waals surface area contributed by atoms with Crippen LogP contribution in [0.15, 0.2) is 18.2 Å². The number of rotatable bonds is 0. The molecule has 0 unspecified atom stereocenters. The van der Waals surface area contributed by atoms with E-state index in [9.17, 15) is 4.79 Å². The Morgan fingerprint density at radius 3 is 2.78 bits per heavy atom. The molecular formula is C14H18N2O2. The highest BCUT2D eigenvalue weighted by atomic mass is 16.5. The molecule has 1 spiro atoms. The number of nitrogen functional groups attached to an aromatic ring is 1. The zero-order valence-corrected chi connectivity index (χ0v) is 10.4. The molecule has 18 heavy (non-hydrogen) atoms. The molecule has 1 aromatic rings. The molecule has 0 aromatic heterocycles. The molecule has 96 valence electrons. The molecule has 1 aliphatic carbocycles. The zero-order valence-electron chi connectivity index (χ0n) is 10.4. The van der Waals surface area contributed by atoms with Crippen molar-refractivity contribution in [2.24, 2.45) is 5.41 Å². The van der Waals surface area contributed by atoms with Crippen LogP contribution >= 0.6 is 0 Å². The fourth-order valence-electron chi connectivity index (χ4n) is 2.93. The Labute approximate surface area is 107 Å². The molecule has 4 heteroatoms. The van der Waals surface area contributed by atoms with E-state index in [-0.39, 0.29) is 11.3 Å². The molecule has 1 saturated carbocycles. The Morgan fingerprint density at radius 2 is 2.00 bits per heavy atom. The van der Waals surface area contributed by atoms with Crippen LogP contribution in [0.2, 0.25) is 0 Å². The summed E-state index contributed by atoms with van der Waals surface area (Å²) in [5.41, 5.74) is 6.73. The molecule has 0 atom stereocenters. The maximum Gasteiger partial charge on any atom is 0.234 e. The van der Waals surface area contributed by atoms with E-state index in [4.69, 9.17) is 10.5 Å². The van der Waals surface area contributed by atoms with Crippen molar-refractivity contribution in [2.75, 3.05) is 17.7 Å². The van der Waals surface area contributed by atoms with Gasteiger partial charge in [-0.05, 0) is 25.0 Å². The van der Waals surface area contributed by atoms with Gasteiger partial charge in [0.15, 0.2) is 0 Å². The van der Waals surface area contributed by atoms with Crippen molar-refractivity contribution in [3.63, 3.8) is 0 Å². The SMILES string of the molecule is Nc1cccc2c1NC(=O)C1(CCCCC1)CO2. The smallest absolute Gasteiger partial charge is 0.234 e. The number of para-hydroxylation sites is 1. The van der Waals surface area contributed by atoms with Gasteiger partial charge in [0.25, 0.3) is 0 Å². The van der Waals surface area contributed by atoms with E-state index in [1.807, 2.05) is 12.1 Å². The van der Waals surface area contributed by atoms with Crippen molar-refractivity contribution in [2.45, 2.75) is 32.1 Å². The normalized spacial score (nSPS) is 21.7. The number of hydrogen-bond donors (Lipinski definition) is 2. The summed E-state index contributed by atoms with van der Waals surface area (Å²) in [6, 6.07) is 5.48. The van der Waals surface area contributed by atoms with E-state index >= 15 is 0 Å². The van der Waals surface area contributed by atoms with Gasteiger partial charge in [0.2, 0.25) is 5.91 Å². The van der Waals surface area contributed by atoms with E-state index in [1.165, 1.54) is 6.42 Å². The third-order valence-corrected chi connectivity index (χ3v) is 4.09. The van der Waals surface area contributed by atoms with Gasteiger partial charge in [-0.2, -0.15) is 0 Å². The molecule has 4 nitrogen and oxygen atoms in total. The average molecular weight is 246 g/mol. The lowest BCUT2D eigenvalue weighted by Gasteiger charge is -2.33. The second-order valence-corrected chi connectivity index (χ2v) is 5.30. The van der Waals surface area contributed by atoms with Crippen molar-refractivity contribution in [3.8, 4) is 5.75 Å². The number of carbonyl (C=O) groups is 1. The first-order valence-corrected chi connectivity index (χ1v) is 6.54. The summed E-state index contributed by atoms with van der Waals surface area (Å²) in [4.78, 5) is 12.5. The number of fused-ring (bicyclic) bond motifs is 1. The van der Waals surface area contributed by atoms with Crippen molar-refractivity contribution in [1.82, 2.24) is 0 Å². The van der Waals surface area contributed by atoms with E-state index in [2.05, 4.69) is 5.32 Å². The van der Waals surface area contributed by atoms with Gasteiger partial charge in [-0.3, -0.25) is 4.79 Å². The van der Waals surface area contributed by atoms with Crippen molar-refractivity contribution < 1.29 is 9.53 Å². The quantitative estimate of drug-likeness (QED) is 0.691. The van der Waals surface area contributed by atoms with Gasteiger partial charge >= 0.3 is 0 Å². The van der Waals surface area contributed by atoms with Gasteiger partial charge in [-0.25, -0.2) is 0 Å². The maximum atomic E-state index is 12.5. The third-order valence-electron chi connectivity index (χ3n) is 4.09. The predicted molar refractivity (Wildman–Crippen MR) is 70.5 cm³/mol. The van der Waals surface area contributed by atoms with Crippen molar-refractivity contribution >= 4 is 17.3 Å². The number of anilines is 2. The number of nitrogens with one attached hydrogen (secondary N) is 1. The first-order valence-electron chi connectivity index (χ1n) is 6.54. The molecule has 1 fully saturated rings. The summed E-state index contributed by atoms with van der Waals surface area (Å²) in [7, 11) is 0. The van der Waals surface area contributed by atoms with Crippen LogP contribution in [0.25, 0.3) is 0 Å². The number of nitrogens with two attached hydrogens (primary N) is 1. The highest BCUT2D eigenvalue weighted by molar-refractivity contribution is 6.00. The second kappa shape index (κ2) is 4.19. The summed E-state index contributed by atoms with van der Waals surface area (Å²) in [6.07, 6.45) is 5.23. The largest absolute Gasteiger partial charge is 0.490 e. The fraction of sp³-hybridized carbons (Fsp3) is 0.500. The zero-order chi connectivity index (χ0) is 12.6. The van der Waals surface area contributed by atoms with Crippen molar-refractivity contribution in [1.29, 1.82) is 0 Å². The van der Waals surface area contributed by atoms with E-state index < -0.39 is 0 Å². The number of amides is 1. The summed E-state index contributed by atoms with van der Waals surface area (Å²) in [5.74, 6) is 0.754. The molecule has 0 saturated heterocycles. The number of carbonyl (C=O) groups excluding carboxylic acids is 1. The Morgan fingerprint density at radius 1 is 1.22 bits per heavy atom. The summed E-state index contributed by atoms with van der Waals surface area (Å²) in [6.45, 7) is 0.468. The van der Waals surface area contributed by atoms with Crippen molar-refractivity contribution in [3.05, 3.63) is 18.2 Å². The van der Waals surface area contributed by atoms with E-state index in [0.29, 0.717) is 23.7 Å². The molecular weight excluding hydrogens is 228 g/mol.